The maximum Gasteiger partial charge on any atom is 0.253 e. The predicted molar refractivity (Wildman–Crippen MR) is 94.7 cm³/mol. The van der Waals surface area contributed by atoms with Crippen molar-refractivity contribution in [2.24, 2.45) is 0 Å². The third kappa shape index (κ3) is 3.63. The van der Waals surface area contributed by atoms with Gasteiger partial charge in [0, 0.05) is 32.2 Å². The smallest absolute Gasteiger partial charge is 0.253 e. The Kier molecular flexibility index (Phi) is 5.70. The van der Waals surface area contributed by atoms with Crippen molar-refractivity contribution in [2.45, 2.75) is 19.6 Å². The fraction of sp³-hybridized carbons (Fsp3) is 0.278. The molecule has 5 nitrogen and oxygen atoms in total. The van der Waals surface area contributed by atoms with Gasteiger partial charge < -0.3 is 20.1 Å². The molecule has 0 spiro atoms. The highest BCUT2D eigenvalue weighted by Gasteiger charge is 2.17. The molecule has 2 N–H and O–H groups in total. The number of carbonyl (C=O) groups excluding carboxylic acids is 1. The Labute approximate surface area is 147 Å². The molecule has 3 rings (SSSR count). The number of fused-ring (bicyclic) bond motifs is 1. The zero-order chi connectivity index (χ0) is 16.4. The highest BCUT2D eigenvalue weighted by Crippen LogP contribution is 2.27. The molecule has 0 fully saturated rings. The lowest BCUT2D eigenvalue weighted by Crippen LogP contribution is -2.26. The number of phenolic OH excluding ortho intramolecular Hbond substituents is 1. The molecule has 0 saturated heterocycles. The second-order valence-electron chi connectivity index (χ2n) is 5.75. The highest BCUT2D eigenvalue weighted by molar-refractivity contribution is 5.94. The zero-order valence-corrected chi connectivity index (χ0v) is 14.5. The number of carbonyl (C=O) groups is 1. The first kappa shape index (κ1) is 18.1. The van der Waals surface area contributed by atoms with Gasteiger partial charge >= 0.3 is 0 Å². The van der Waals surface area contributed by atoms with Crippen molar-refractivity contribution in [1.82, 2.24) is 10.2 Å². The van der Waals surface area contributed by atoms with E-state index in [-0.39, 0.29) is 24.1 Å². The number of hydrogen-bond donors (Lipinski definition) is 2. The third-order valence-electron chi connectivity index (χ3n) is 4.09. The molecule has 0 radical (unpaired) electrons. The van der Waals surface area contributed by atoms with Crippen LogP contribution in [0.25, 0.3) is 0 Å². The molecule has 2 aromatic rings. The topological polar surface area (TPSA) is 61.8 Å². The average molecular weight is 349 g/mol. The van der Waals surface area contributed by atoms with E-state index >= 15 is 0 Å². The summed E-state index contributed by atoms with van der Waals surface area (Å²) in [5.41, 5.74) is 4.04. The van der Waals surface area contributed by atoms with Gasteiger partial charge in [0.15, 0.2) is 11.5 Å². The number of nitrogens with zero attached hydrogens (tertiary/aromatic N) is 1. The Balaban J connectivity index is 0.00000208. The largest absolute Gasteiger partial charge is 0.504 e. The van der Waals surface area contributed by atoms with Gasteiger partial charge in [-0.2, -0.15) is 0 Å². The van der Waals surface area contributed by atoms with Crippen molar-refractivity contribution in [1.29, 1.82) is 0 Å². The van der Waals surface area contributed by atoms with Crippen LogP contribution in [0.5, 0.6) is 11.5 Å². The molecular formula is C18H21ClN2O3. The molecule has 1 aliphatic heterocycles. The number of halogens is 1. The standard InChI is InChI=1S/C18H20N2O3.ClH/c1-20(11-12-3-6-16(21)17(7-12)23-2)18(22)13-4-5-14-9-19-10-15(14)8-13;/h3-8,19,21H,9-11H2,1-2H3;1H. The SMILES string of the molecule is COc1cc(CN(C)C(=O)c2ccc3c(c2)CNC3)ccc1O.Cl. The Morgan fingerprint density at radius 3 is 2.71 bits per heavy atom. The number of phenols is 1. The number of rotatable bonds is 4. The van der Waals surface area contributed by atoms with Crippen LogP contribution >= 0.6 is 12.4 Å². The van der Waals surface area contributed by atoms with Crippen LogP contribution in [0, 0.1) is 0 Å². The summed E-state index contributed by atoms with van der Waals surface area (Å²) in [4.78, 5) is 14.3. The molecule has 0 unspecified atom stereocenters. The number of nitrogens with one attached hydrogen (secondary N) is 1. The third-order valence-corrected chi connectivity index (χ3v) is 4.09. The first-order valence-electron chi connectivity index (χ1n) is 7.52. The highest BCUT2D eigenvalue weighted by atomic mass is 35.5. The van der Waals surface area contributed by atoms with E-state index in [9.17, 15) is 9.90 Å². The van der Waals surface area contributed by atoms with E-state index < -0.39 is 0 Å². The van der Waals surface area contributed by atoms with E-state index in [2.05, 4.69) is 5.32 Å². The van der Waals surface area contributed by atoms with Crippen LogP contribution in [-0.2, 0) is 19.6 Å². The maximum absolute atomic E-state index is 12.6. The molecule has 2 aromatic carbocycles. The summed E-state index contributed by atoms with van der Waals surface area (Å²) in [6.07, 6.45) is 0. The lowest BCUT2D eigenvalue weighted by atomic mass is 10.1. The van der Waals surface area contributed by atoms with Gasteiger partial charge in [0.2, 0.25) is 0 Å². The zero-order valence-electron chi connectivity index (χ0n) is 13.7. The molecule has 0 aromatic heterocycles. The molecule has 0 atom stereocenters. The molecule has 1 amide bonds. The van der Waals surface area contributed by atoms with Crippen LogP contribution in [0.1, 0.15) is 27.0 Å². The second-order valence-corrected chi connectivity index (χ2v) is 5.75. The van der Waals surface area contributed by atoms with Crippen LogP contribution in [0.2, 0.25) is 0 Å². The summed E-state index contributed by atoms with van der Waals surface area (Å²) >= 11 is 0. The van der Waals surface area contributed by atoms with Gasteiger partial charge in [-0.3, -0.25) is 4.79 Å². The quantitative estimate of drug-likeness (QED) is 0.891. The fourth-order valence-electron chi connectivity index (χ4n) is 2.81. The van der Waals surface area contributed by atoms with E-state index in [0.717, 1.165) is 18.7 Å². The number of methoxy groups -OCH3 is 1. The van der Waals surface area contributed by atoms with E-state index in [1.54, 1.807) is 30.1 Å². The summed E-state index contributed by atoms with van der Waals surface area (Å²) in [7, 11) is 3.28. The molecule has 0 saturated carbocycles. The Morgan fingerprint density at radius 1 is 1.21 bits per heavy atom. The average Bonchev–Trinajstić information content (AvgIpc) is 3.03. The normalized spacial score (nSPS) is 12.2. The predicted octanol–water partition coefficient (Wildman–Crippen LogP) is 2.70. The van der Waals surface area contributed by atoms with E-state index in [1.807, 2.05) is 18.2 Å². The van der Waals surface area contributed by atoms with Crippen LogP contribution in [0.3, 0.4) is 0 Å². The second kappa shape index (κ2) is 7.55. The van der Waals surface area contributed by atoms with Crippen LogP contribution < -0.4 is 10.1 Å². The fourth-order valence-corrected chi connectivity index (χ4v) is 2.81. The number of ether oxygens (including phenoxy) is 1. The molecule has 1 aliphatic rings. The molecule has 0 aliphatic carbocycles. The molecule has 6 heteroatoms. The molecule has 128 valence electrons. The van der Waals surface area contributed by atoms with E-state index in [4.69, 9.17) is 4.74 Å². The van der Waals surface area contributed by atoms with Crippen molar-refractivity contribution < 1.29 is 14.6 Å². The van der Waals surface area contributed by atoms with Gasteiger partial charge in [0.25, 0.3) is 5.91 Å². The van der Waals surface area contributed by atoms with Gasteiger partial charge in [0.05, 0.1) is 7.11 Å². The minimum absolute atomic E-state index is 0. The van der Waals surface area contributed by atoms with Crippen molar-refractivity contribution in [2.75, 3.05) is 14.2 Å². The van der Waals surface area contributed by atoms with Gasteiger partial charge in [-0.25, -0.2) is 0 Å². The maximum atomic E-state index is 12.6. The van der Waals surface area contributed by atoms with Crippen LogP contribution in [0.15, 0.2) is 36.4 Å². The number of hydrogen-bond acceptors (Lipinski definition) is 4. The summed E-state index contributed by atoms with van der Waals surface area (Å²) in [5.74, 6) is 0.482. The lowest BCUT2D eigenvalue weighted by molar-refractivity contribution is 0.0785. The van der Waals surface area contributed by atoms with Crippen molar-refractivity contribution in [3.05, 3.63) is 58.7 Å². The summed E-state index contributed by atoms with van der Waals surface area (Å²) in [5, 5.41) is 12.9. The summed E-state index contributed by atoms with van der Waals surface area (Å²) < 4.78 is 5.10. The first-order chi connectivity index (χ1) is 11.1. The first-order valence-corrected chi connectivity index (χ1v) is 7.52. The monoisotopic (exact) mass is 348 g/mol. The van der Waals surface area contributed by atoms with E-state index in [1.165, 1.54) is 18.2 Å². The van der Waals surface area contributed by atoms with Gasteiger partial charge in [0.1, 0.15) is 0 Å². The molecular weight excluding hydrogens is 328 g/mol. The molecule has 24 heavy (non-hydrogen) atoms. The molecule has 1 heterocycles. The number of benzene rings is 2. The Morgan fingerprint density at radius 2 is 1.96 bits per heavy atom. The summed E-state index contributed by atoms with van der Waals surface area (Å²) in [6, 6.07) is 11.0. The minimum atomic E-state index is -0.0215. The van der Waals surface area contributed by atoms with Crippen molar-refractivity contribution >= 4 is 18.3 Å². The van der Waals surface area contributed by atoms with Crippen molar-refractivity contribution in [3.63, 3.8) is 0 Å². The minimum Gasteiger partial charge on any atom is -0.504 e. The lowest BCUT2D eigenvalue weighted by Gasteiger charge is -2.18. The number of amides is 1. The summed E-state index contributed by atoms with van der Waals surface area (Å²) in [6.45, 7) is 2.13. The van der Waals surface area contributed by atoms with Gasteiger partial charge in [-0.15, -0.1) is 12.4 Å². The van der Waals surface area contributed by atoms with Gasteiger partial charge in [-0.1, -0.05) is 12.1 Å². The van der Waals surface area contributed by atoms with Crippen LogP contribution in [-0.4, -0.2) is 30.1 Å². The van der Waals surface area contributed by atoms with E-state index in [0.29, 0.717) is 17.9 Å². The Bertz CT molecular complexity index is 749. The molecule has 0 bridgehead atoms. The van der Waals surface area contributed by atoms with Crippen molar-refractivity contribution in [3.8, 4) is 11.5 Å². The van der Waals surface area contributed by atoms with Crippen LogP contribution in [0.4, 0.5) is 0 Å². The number of aromatic hydroxyl groups is 1. The Hall–Kier alpha value is -2.24. The van der Waals surface area contributed by atoms with Gasteiger partial charge in [-0.05, 0) is 41.0 Å².